The average Bonchev–Trinajstić information content (AvgIpc) is 2.84. The fraction of sp³-hybridized carbons (Fsp3) is 0.133. The van der Waals surface area contributed by atoms with E-state index in [0.29, 0.717) is 5.75 Å². The van der Waals surface area contributed by atoms with Crippen LogP contribution in [0.25, 0.3) is 0 Å². The Morgan fingerprint density at radius 1 is 1.00 bits per heavy atom. The molecular weight excluding hydrogens is 313 g/mol. The number of alkyl halides is 1. The van der Waals surface area contributed by atoms with Gasteiger partial charge >= 0.3 is 5.23 Å². The lowest BCUT2D eigenvalue weighted by Crippen LogP contribution is -3.00. The Morgan fingerprint density at radius 2 is 1.60 bits per heavy atom. The summed E-state index contributed by atoms with van der Waals surface area (Å²) < 4.78 is 5.87. The molecule has 20 heavy (non-hydrogen) atoms. The van der Waals surface area contributed by atoms with Crippen molar-refractivity contribution in [2.45, 2.75) is 5.06 Å². The van der Waals surface area contributed by atoms with E-state index < -0.39 is 5.06 Å². The summed E-state index contributed by atoms with van der Waals surface area (Å²) >= 11 is 8.14. The monoisotopic (exact) mass is 325 g/mol. The Balaban J connectivity index is 0.00000147. The molecule has 0 saturated carbocycles. The van der Waals surface area contributed by atoms with Crippen molar-refractivity contribution in [3.05, 3.63) is 66.2 Å². The SMILES string of the molecule is ClC1(c2ccccc2)CSC(=[NH+]c2ccccc2)O1.[Cl-]. The normalized spacial score (nSPS) is 23.1. The average molecular weight is 326 g/mol. The van der Waals surface area contributed by atoms with Gasteiger partial charge in [-0.2, -0.15) is 4.99 Å². The quantitative estimate of drug-likeness (QED) is 0.760. The van der Waals surface area contributed by atoms with Crippen LogP contribution in [0.3, 0.4) is 0 Å². The summed E-state index contributed by atoms with van der Waals surface area (Å²) in [5, 5.41) is -0.0340. The second-order valence-corrected chi connectivity index (χ2v) is 5.82. The molecule has 5 heteroatoms. The first kappa shape index (κ1) is 15.2. The van der Waals surface area contributed by atoms with E-state index in [4.69, 9.17) is 16.3 Å². The number of ether oxygens (including phenoxy) is 1. The van der Waals surface area contributed by atoms with Gasteiger partial charge in [0.15, 0.2) is 0 Å². The summed E-state index contributed by atoms with van der Waals surface area (Å²) in [5.74, 6) is 0.688. The van der Waals surface area contributed by atoms with Crippen molar-refractivity contribution in [2.75, 3.05) is 5.75 Å². The molecule has 2 aromatic rings. The topological polar surface area (TPSA) is 23.2 Å². The Kier molecular flexibility index (Phi) is 4.97. The molecule has 0 spiro atoms. The first-order valence-corrected chi connectivity index (χ1v) is 7.38. The Hall–Kier alpha value is -1.16. The van der Waals surface area contributed by atoms with Crippen LogP contribution in [-0.2, 0) is 9.80 Å². The molecule has 1 fully saturated rings. The van der Waals surface area contributed by atoms with E-state index in [9.17, 15) is 0 Å². The molecule has 1 aliphatic rings. The van der Waals surface area contributed by atoms with Crippen LogP contribution in [-0.4, -0.2) is 11.0 Å². The van der Waals surface area contributed by atoms with E-state index in [2.05, 4.69) is 4.99 Å². The third-order valence-electron chi connectivity index (χ3n) is 2.87. The van der Waals surface area contributed by atoms with Gasteiger partial charge in [-0.05, 0) is 11.8 Å². The van der Waals surface area contributed by atoms with Crippen LogP contribution in [0.5, 0.6) is 0 Å². The van der Waals surface area contributed by atoms with Crippen molar-refractivity contribution < 1.29 is 22.1 Å². The Bertz CT molecular complexity index is 591. The minimum absolute atomic E-state index is 0. The first-order valence-electron chi connectivity index (χ1n) is 6.01. The standard InChI is InChI=1S/C15H12ClNOS.ClH/c16-15(12-7-3-1-4-8-12)11-19-14(18-15)17-13-9-5-2-6-10-13;/h1-10H,11H2;1H. The molecule has 0 amide bonds. The van der Waals surface area contributed by atoms with E-state index >= 15 is 0 Å². The lowest BCUT2D eigenvalue weighted by atomic mass is 10.1. The van der Waals surface area contributed by atoms with Crippen LogP contribution in [0, 0.1) is 0 Å². The molecule has 2 aromatic carbocycles. The lowest BCUT2D eigenvalue weighted by molar-refractivity contribution is -0.364. The van der Waals surface area contributed by atoms with Crippen molar-refractivity contribution in [1.82, 2.24) is 0 Å². The highest BCUT2D eigenvalue weighted by molar-refractivity contribution is 8.13. The number of thioether (sulfide) groups is 1. The van der Waals surface area contributed by atoms with Crippen LogP contribution in [0.15, 0.2) is 60.7 Å². The highest BCUT2D eigenvalue weighted by Crippen LogP contribution is 2.40. The van der Waals surface area contributed by atoms with Gasteiger partial charge in [-0.1, -0.05) is 60.1 Å². The highest BCUT2D eigenvalue weighted by Gasteiger charge is 2.42. The van der Waals surface area contributed by atoms with E-state index in [-0.39, 0.29) is 12.4 Å². The predicted octanol–water partition coefficient (Wildman–Crippen LogP) is -0.386. The Labute approximate surface area is 133 Å². The molecule has 0 aliphatic carbocycles. The Morgan fingerprint density at radius 3 is 2.25 bits per heavy atom. The number of halogens is 2. The smallest absolute Gasteiger partial charge is 0.406 e. The van der Waals surface area contributed by atoms with Crippen LogP contribution in [0.2, 0.25) is 0 Å². The zero-order valence-electron chi connectivity index (χ0n) is 10.6. The first-order chi connectivity index (χ1) is 9.26. The molecule has 104 valence electrons. The third kappa shape index (κ3) is 3.29. The largest absolute Gasteiger partial charge is 1.00 e. The van der Waals surface area contributed by atoms with Crippen LogP contribution in [0.1, 0.15) is 5.56 Å². The van der Waals surface area contributed by atoms with Crippen molar-refractivity contribution in [1.29, 1.82) is 0 Å². The maximum atomic E-state index is 6.55. The van der Waals surface area contributed by atoms with E-state index in [1.807, 2.05) is 60.7 Å². The molecule has 1 aliphatic heterocycles. The fourth-order valence-corrected chi connectivity index (χ4v) is 3.24. The van der Waals surface area contributed by atoms with Crippen molar-refractivity contribution in [3.63, 3.8) is 0 Å². The lowest BCUT2D eigenvalue weighted by Gasteiger charge is -2.18. The van der Waals surface area contributed by atoms with Gasteiger partial charge in [0, 0.05) is 17.7 Å². The van der Waals surface area contributed by atoms with Gasteiger partial charge < -0.3 is 17.1 Å². The third-order valence-corrected chi connectivity index (χ3v) is 4.45. The highest BCUT2D eigenvalue weighted by atomic mass is 35.5. The molecule has 0 radical (unpaired) electrons. The molecule has 3 rings (SSSR count). The number of nitrogens with one attached hydrogen (secondary N) is 1. The number of hydrogen-bond donors (Lipinski definition) is 1. The summed E-state index contributed by atoms with van der Waals surface area (Å²) in [6.07, 6.45) is 0. The maximum absolute atomic E-state index is 6.55. The predicted molar refractivity (Wildman–Crippen MR) is 79.6 cm³/mol. The van der Waals surface area contributed by atoms with Crippen molar-refractivity contribution >= 4 is 34.3 Å². The number of benzene rings is 2. The van der Waals surface area contributed by atoms with Gasteiger partial charge in [0.2, 0.25) is 10.7 Å². The molecule has 1 unspecified atom stereocenters. The zero-order chi connectivity index (χ0) is 13.1. The summed E-state index contributed by atoms with van der Waals surface area (Å²) in [6, 6.07) is 19.8. The molecular formula is C15H13Cl2NOS. The summed E-state index contributed by atoms with van der Waals surface area (Å²) in [6.45, 7) is 0. The molecule has 0 bridgehead atoms. The van der Waals surface area contributed by atoms with Gasteiger partial charge in [0.25, 0.3) is 0 Å². The van der Waals surface area contributed by atoms with Gasteiger partial charge in [-0.25, -0.2) is 0 Å². The molecule has 1 atom stereocenters. The summed E-state index contributed by atoms with van der Waals surface area (Å²) in [7, 11) is 0. The summed E-state index contributed by atoms with van der Waals surface area (Å²) in [4.78, 5) is 3.24. The molecule has 0 aromatic heterocycles. The van der Waals surface area contributed by atoms with Gasteiger partial charge in [0.05, 0.1) is 5.75 Å². The molecule has 1 saturated heterocycles. The van der Waals surface area contributed by atoms with E-state index in [0.717, 1.165) is 16.5 Å². The van der Waals surface area contributed by atoms with E-state index in [1.165, 1.54) is 0 Å². The van der Waals surface area contributed by atoms with Gasteiger partial charge in [-0.3, -0.25) is 0 Å². The molecule has 2 nitrogen and oxygen atoms in total. The maximum Gasteiger partial charge on any atom is 0.406 e. The van der Waals surface area contributed by atoms with E-state index in [1.54, 1.807) is 11.8 Å². The second kappa shape index (κ2) is 6.53. The van der Waals surface area contributed by atoms with Gasteiger partial charge in [0.1, 0.15) is 0 Å². The number of para-hydroxylation sites is 1. The van der Waals surface area contributed by atoms with Gasteiger partial charge in [-0.15, -0.1) is 0 Å². The minimum atomic E-state index is -0.775. The van der Waals surface area contributed by atoms with Crippen LogP contribution < -0.4 is 17.4 Å². The summed E-state index contributed by atoms with van der Waals surface area (Å²) in [5.41, 5.74) is 1.98. The minimum Gasteiger partial charge on any atom is -1.00 e. The second-order valence-electron chi connectivity index (χ2n) is 4.26. The zero-order valence-corrected chi connectivity index (χ0v) is 12.9. The van der Waals surface area contributed by atoms with Crippen LogP contribution in [0.4, 0.5) is 5.69 Å². The van der Waals surface area contributed by atoms with Crippen LogP contribution >= 0.6 is 23.4 Å². The number of hydrogen-bond acceptors (Lipinski definition) is 2. The number of rotatable bonds is 2. The van der Waals surface area contributed by atoms with Crippen molar-refractivity contribution in [2.24, 2.45) is 0 Å². The molecule has 1 heterocycles. The van der Waals surface area contributed by atoms with Crippen molar-refractivity contribution in [3.8, 4) is 0 Å². The molecule has 1 N–H and O–H groups in total. The fourth-order valence-electron chi connectivity index (χ4n) is 1.89.